The maximum Gasteiger partial charge on any atom is 0.239 e. The lowest BCUT2D eigenvalue weighted by Gasteiger charge is -2.32. The average molecular weight is 344 g/mol. The Morgan fingerprint density at radius 3 is 2.56 bits per heavy atom. The number of aliphatic hydroxyl groups is 1. The van der Waals surface area contributed by atoms with Gasteiger partial charge in [-0.25, -0.2) is 0 Å². The topological polar surface area (TPSA) is 60.9 Å². The van der Waals surface area contributed by atoms with Crippen LogP contribution in [0.2, 0.25) is 0 Å². The summed E-state index contributed by atoms with van der Waals surface area (Å²) in [5, 5.41) is 10.1. The number of carbonyl (C=O) groups is 2. The number of amides is 2. The molecule has 5 heteroatoms. The Bertz CT molecular complexity index is 628. The van der Waals surface area contributed by atoms with Crippen LogP contribution in [0.1, 0.15) is 37.7 Å². The van der Waals surface area contributed by atoms with Gasteiger partial charge in [0.05, 0.1) is 6.10 Å². The number of nitrogens with zero attached hydrogens (tertiary/aromatic N) is 2. The molecule has 0 bridgehead atoms. The van der Waals surface area contributed by atoms with E-state index in [0.717, 1.165) is 36.9 Å². The number of aryl methyl sites for hydroxylation is 1. The van der Waals surface area contributed by atoms with Gasteiger partial charge in [-0.15, -0.1) is 0 Å². The molecule has 1 saturated carbocycles. The maximum absolute atomic E-state index is 12.8. The molecule has 5 nitrogen and oxygen atoms in total. The minimum atomic E-state index is -0.591. The van der Waals surface area contributed by atoms with E-state index in [1.807, 2.05) is 31.2 Å². The zero-order valence-corrected chi connectivity index (χ0v) is 15.1. The number of carbonyl (C=O) groups excluding carboxylic acids is 2. The van der Waals surface area contributed by atoms with E-state index in [1.165, 1.54) is 0 Å². The van der Waals surface area contributed by atoms with Gasteiger partial charge in [0.15, 0.2) is 0 Å². The molecule has 1 aromatic rings. The summed E-state index contributed by atoms with van der Waals surface area (Å²) in [7, 11) is 1.76. The molecule has 136 valence electrons. The predicted molar refractivity (Wildman–Crippen MR) is 97.2 cm³/mol. The number of rotatable bonds is 4. The lowest BCUT2D eigenvalue weighted by atomic mass is 9.86. The second-order valence-electron chi connectivity index (χ2n) is 7.50. The minimum Gasteiger partial charge on any atom is -0.393 e. The Balaban J connectivity index is 1.62. The zero-order valence-electron chi connectivity index (χ0n) is 15.1. The van der Waals surface area contributed by atoms with E-state index in [0.29, 0.717) is 19.5 Å². The normalized spacial score (nSPS) is 26.8. The van der Waals surface area contributed by atoms with Crippen LogP contribution in [-0.4, -0.2) is 48.1 Å². The third-order valence-corrected chi connectivity index (χ3v) is 5.60. The summed E-state index contributed by atoms with van der Waals surface area (Å²) >= 11 is 0. The van der Waals surface area contributed by atoms with Crippen molar-refractivity contribution >= 4 is 17.5 Å². The summed E-state index contributed by atoms with van der Waals surface area (Å²) < 4.78 is 0. The van der Waals surface area contributed by atoms with Crippen molar-refractivity contribution in [2.45, 2.75) is 45.1 Å². The van der Waals surface area contributed by atoms with Crippen LogP contribution in [0.15, 0.2) is 24.3 Å². The van der Waals surface area contributed by atoms with Crippen molar-refractivity contribution in [3.05, 3.63) is 29.8 Å². The Hall–Kier alpha value is -1.88. The molecule has 0 spiro atoms. The number of benzene rings is 1. The Labute approximate surface area is 149 Å². The third kappa shape index (κ3) is 3.87. The first-order valence-corrected chi connectivity index (χ1v) is 9.28. The van der Waals surface area contributed by atoms with Crippen LogP contribution in [0.4, 0.5) is 5.69 Å². The smallest absolute Gasteiger partial charge is 0.239 e. The highest BCUT2D eigenvalue weighted by Crippen LogP contribution is 2.28. The first kappa shape index (κ1) is 17.9. The highest BCUT2D eigenvalue weighted by Gasteiger charge is 2.39. The fraction of sp³-hybridized carbons (Fsp3) is 0.600. The number of aliphatic hydroxyl groups excluding tert-OH is 1. The molecule has 1 aliphatic heterocycles. The van der Waals surface area contributed by atoms with Crippen molar-refractivity contribution in [1.82, 2.24) is 4.90 Å². The predicted octanol–water partition coefficient (Wildman–Crippen LogP) is 2.36. The van der Waals surface area contributed by atoms with Crippen molar-refractivity contribution in [3.8, 4) is 0 Å². The number of anilines is 1. The molecule has 1 aliphatic carbocycles. The van der Waals surface area contributed by atoms with Crippen molar-refractivity contribution in [3.63, 3.8) is 0 Å². The van der Waals surface area contributed by atoms with Gasteiger partial charge in [0.2, 0.25) is 11.8 Å². The van der Waals surface area contributed by atoms with Gasteiger partial charge in [0.25, 0.3) is 0 Å². The molecule has 1 heterocycles. The highest BCUT2D eigenvalue weighted by molar-refractivity contribution is 6.09. The lowest BCUT2D eigenvalue weighted by Crippen LogP contribution is -2.42. The molecule has 3 unspecified atom stereocenters. The van der Waals surface area contributed by atoms with E-state index in [9.17, 15) is 14.7 Å². The van der Waals surface area contributed by atoms with Crippen molar-refractivity contribution in [2.24, 2.45) is 11.8 Å². The van der Waals surface area contributed by atoms with E-state index in [1.54, 1.807) is 16.8 Å². The van der Waals surface area contributed by atoms with Gasteiger partial charge in [0, 0.05) is 31.7 Å². The molecule has 1 saturated heterocycles. The summed E-state index contributed by atoms with van der Waals surface area (Å²) in [5.74, 6) is -0.679. The molecule has 2 amide bonds. The molecular formula is C20H28N2O3. The molecule has 2 aliphatic rings. The third-order valence-electron chi connectivity index (χ3n) is 5.60. The summed E-state index contributed by atoms with van der Waals surface area (Å²) in [4.78, 5) is 28.9. The van der Waals surface area contributed by atoms with Gasteiger partial charge in [0.1, 0.15) is 5.92 Å². The SMILES string of the molecule is Cc1ccc(N2CCC(C(=O)N(C)CC3CCCCC3O)C2=O)cc1. The first-order chi connectivity index (χ1) is 12.0. The Morgan fingerprint density at radius 1 is 1.20 bits per heavy atom. The average Bonchev–Trinajstić information content (AvgIpc) is 2.98. The molecule has 3 atom stereocenters. The fourth-order valence-electron chi connectivity index (χ4n) is 4.00. The highest BCUT2D eigenvalue weighted by atomic mass is 16.3. The van der Waals surface area contributed by atoms with Gasteiger partial charge >= 0.3 is 0 Å². The van der Waals surface area contributed by atoms with Crippen molar-refractivity contribution < 1.29 is 14.7 Å². The van der Waals surface area contributed by atoms with Crippen LogP contribution < -0.4 is 4.90 Å². The maximum atomic E-state index is 12.8. The fourth-order valence-corrected chi connectivity index (χ4v) is 4.00. The second-order valence-corrected chi connectivity index (χ2v) is 7.50. The van der Waals surface area contributed by atoms with Gasteiger partial charge < -0.3 is 14.9 Å². The van der Waals surface area contributed by atoms with Crippen LogP contribution in [0.5, 0.6) is 0 Å². The lowest BCUT2D eigenvalue weighted by molar-refractivity contribution is -0.139. The van der Waals surface area contributed by atoms with Crippen LogP contribution in [0, 0.1) is 18.8 Å². The van der Waals surface area contributed by atoms with Gasteiger partial charge in [-0.1, -0.05) is 30.5 Å². The Morgan fingerprint density at radius 2 is 1.88 bits per heavy atom. The first-order valence-electron chi connectivity index (χ1n) is 9.28. The molecule has 3 rings (SSSR count). The molecule has 0 aromatic heterocycles. The monoisotopic (exact) mass is 344 g/mol. The van der Waals surface area contributed by atoms with Gasteiger partial charge in [-0.3, -0.25) is 9.59 Å². The van der Waals surface area contributed by atoms with Crippen molar-refractivity contribution in [2.75, 3.05) is 25.0 Å². The summed E-state index contributed by atoms with van der Waals surface area (Å²) in [6.07, 6.45) is 4.16. The van der Waals surface area contributed by atoms with Gasteiger partial charge in [-0.2, -0.15) is 0 Å². The second kappa shape index (κ2) is 7.56. The molecule has 25 heavy (non-hydrogen) atoms. The number of hydrogen-bond acceptors (Lipinski definition) is 3. The number of hydrogen-bond donors (Lipinski definition) is 1. The largest absolute Gasteiger partial charge is 0.393 e. The van der Waals surface area contributed by atoms with E-state index in [4.69, 9.17) is 0 Å². The van der Waals surface area contributed by atoms with Crippen LogP contribution in [0.3, 0.4) is 0 Å². The standard InChI is InChI=1S/C20H28N2O3/c1-14-7-9-16(10-8-14)22-12-11-17(20(22)25)19(24)21(2)13-15-5-3-4-6-18(15)23/h7-10,15,17-18,23H,3-6,11-13H2,1-2H3. The summed E-state index contributed by atoms with van der Waals surface area (Å²) in [6, 6.07) is 7.83. The van der Waals surface area contributed by atoms with Crippen LogP contribution >= 0.6 is 0 Å². The Kier molecular flexibility index (Phi) is 5.42. The molecule has 1 N–H and O–H groups in total. The summed E-state index contributed by atoms with van der Waals surface area (Å²) in [5.41, 5.74) is 2.00. The molecule has 2 fully saturated rings. The van der Waals surface area contributed by atoms with Crippen LogP contribution in [0.25, 0.3) is 0 Å². The van der Waals surface area contributed by atoms with E-state index in [-0.39, 0.29) is 23.8 Å². The zero-order chi connectivity index (χ0) is 18.0. The van der Waals surface area contributed by atoms with E-state index >= 15 is 0 Å². The quantitative estimate of drug-likeness (QED) is 0.853. The van der Waals surface area contributed by atoms with Gasteiger partial charge in [-0.05, 0) is 38.3 Å². The molecule has 0 radical (unpaired) electrons. The van der Waals surface area contributed by atoms with Crippen LogP contribution in [-0.2, 0) is 9.59 Å². The van der Waals surface area contributed by atoms with E-state index in [2.05, 4.69) is 0 Å². The molecule has 1 aromatic carbocycles. The summed E-state index contributed by atoms with van der Waals surface area (Å²) in [6.45, 7) is 3.13. The minimum absolute atomic E-state index is 0.107. The van der Waals surface area contributed by atoms with Crippen molar-refractivity contribution in [1.29, 1.82) is 0 Å². The van der Waals surface area contributed by atoms with E-state index < -0.39 is 5.92 Å². The molecular weight excluding hydrogens is 316 g/mol.